The number of thioether (sulfide) groups is 1. The summed E-state index contributed by atoms with van der Waals surface area (Å²) in [7, 11) is 0. The van der Waals surface area contributed by atoms with Crippen LogP contribution in [0, 0.1) is 5.41 Å². The summed E-state index contributed by atoms with van der Waals surface area (Å²) in [6, 6.07) is 0. The van der Waals surface area contributed by atoms with Crippen molar-refractivity contribution in [2.24, 2.45) is 5.41 Å². The van der Waals surface area contributed by atoms with E-state index in [-0.39, 0.29) is 0 Å². The molecule has 0 nitrogen and oxygen atoms in total. The molecule has 0 radical (unpaired) electrons. The highest BCUT2D eigenvalue weighted by molar-refractivity contribution is 9.09. The molecule has 0 heterocycles. The second-order valence-corrected chi connectivity index (χ2v) is 4.53. The van der Waals surface area contributed by atoms with Crippen molar-refractivity contribution < 1.29 is 0 Å². The Morgan fingerprint density at radius 1 is 1.60 bits per heavy atom. The highest BCUT2D eigenvalue weighted by atomic mass is 79.9. The Morgan fingerprint density at radius 2 is 2.30 bits per heavy atom. The monoisotopic (exact) mass is 220 g/mol. The molecule has 1 saturated carbocycles. The number of alkyl halides is 1. The smallest absolute Gasteiger partial charge is 0.0110 e. The van der Waals surface area contributed by atoms with Crippen LogP contribution in [0.1, 0.15) is 12.8 Å². The molecule has 2 heteroatoms. The zero-order chi connectivity index (χ0) is 7.45. The molecule has 1 fully saturated rings. The standard InChI is InChI=1S/C8H13BrS/c1-2-5-10-7-8(6-9)3-4-8/h2H,1,3-7H2. The van der Waals surface area contributed by atoms with Crippen molar-refractivity contribution in [1.29, 1.82) is 0 Å². The summed E-state index contributed by atoms with van der Waals surface area (Å²) >= 11 is 5.55. The maximum absolute atomic E-state index is 3.69. The Morgan fingerprint density at radius 3 is 2.70 bits per heavy atom. The van der Waals surface area contributed by atoms with Crippen molar-refractivity contribution in [3.05, 3.63) is 12.7 Å². The summed E-state index contributed by atoms with van der Waals surface area (Å²) in [6.45, 7) is 3.69. The number of halogens is 1. The van der Waals surface area contributed by atoms with Crippen LogP contribution in [0.2, 0.25) is 0 Å². The van der Waals surface area contributed by atoms with E-state index in [0.717, 1.165) is 5.75 Å². The highest BCUT2D eigenvalue weighted by Crippen LogP contribution is 2.49. The lowest BCUT2D eigenvalue weighted by Crippen LogP contribution is -2.05. The van der Waals surface area contributed by atoms with Gasteiger partial charge in [-0.05, 0) is 18.3 Å². The van der Waals surface area contributed by atoms with Crippen molar-refractivity contribution in [2.75, 3.05) is 16.8 Å². The van der Waals surface area contributed by atoms with Crippen molar-refractivity contribution in [2.45, 2.75) is 12.8 Å². The molecule has 0 atom stereocenters. The van der Waals surface area contributed by atoms with Gasteiger partial charge in [-0.1, -0.05) is 22.0 Å². The second-order valence-electron chi connectivity index (χ2n) is 2.94. The summed E-state index contributed by atoms with van der Waals surface area (Å²) in [5.41, 5.74) is 0.674. The first-order chi connectivity index (χ1) is 4.83. The molecule has 0 unspecified atom stereocenters. The molecule has 0 aromatic rings. The summed E-state index contributed by atoms with van der Waals surface area (Å²) in [4.78, 5) is 0. The third-order valence-corrected chi connectivity index (χ3v) is 4.36. The topological polar surface area (TPSA) is 0 Å². The van der Waals surface area contributed by atoms with Gasteiger partial charge in [0.1, 0.15) is 0 Å². The van der Waals surface area contributed by atoms with Crippen LogP contribution < -0.4 is 0 Å². The van der Waals surface area contributed by atoms with E-state index in [0.29, 0.717) is 5.41 Å². The van der Waals surface area contributed by atoms with Crippen molar-refractivity contribution >= 4 is 27.7 Å². The predicted octanol–water partition coefficient (Wildman–Crippen LogP) is 3.08. The fraction of sp³-hybridized carbons (Fsp3) is 0.750. The minimum atomic E-state index is 0.674. The molecule has 1 aliphatic rings. The minimum absolute atomic E-state index is 0.674. The van der Waals surface area contributed by atoms with Gasteiger partial charge in [0.05, 0.1) is 0 Å². The lowest BCUT2D eigenvalue weighted by molar-refractivity contribution is 0.687. The lowest BCUT2D eigenvalue weighted by Gasteiger charge is -2.08. The summed E-state index contributed by atoms with van der Waals surface area (Å²) < 4.78 is 0. The minimum Gasteiger partial charge on any atom is -0.157 e. The molecule has 0 aromatic carbocycles. The Hall–Kier alpha value is 0.570. The molecule has 1 rings (SSSR count). The molecule has 0 aromatic heterocycles. The van der Waals surface area contributed by atoms with E-state index in [1.807, 2.05) is 17.8 Å². The fourth-order valence-electron chi connectivity index (χ4n) is 0.852. The third kappa shape index (κ3) is 2.31. The van der Waals surface area contributed by atoms with Gasteiger partial charge in [-0.25, -0.2) is 0 Å². The molecule has 0 bridgehead atoms. The molecular weight excluding hydrogens is 208 g/mol. The molecule has 0 aliphatic heterocycles. The maximum Gasteiger partial charge on any atom is 0.0110 e. The largest absolute Gasteiger partial charge is 0.157 e. The lowest BCUT2D eigenvalue weighted by atomic mass is 10.2. The molecule has 58 valence electrons. The van der Waals surface area contributed by atoms with Crippen LogP contribution >= 0.6 is 27.7 Å². The van der Waals surface area contributed by atoms with E-state index >= 15 is 0 Å². The number of rotatable bonds is 5. The van der Waals surface area contributed by atoms with Gasteiger partial charge in [0, 0.05) is 16.8 Å². The van der Waals surface area contributed by atoms with Gasteiger partial charge < -0.3 is 0 Å². The third-order valence-electron chi connectivity index (χ3n) is 1.88. The molecule has 0 amide bonds. The highest BCUT2D eigenvalue weighted by Gasteiger charge is 2.40. The summed E-state index contributed by atoms with van der Waals surface area (Å²) in [6.07, 6.45) is 4.82. The van der Waals surface area contributed by atoms with E-state index in [1.54, 1.807) is 0 Å². The van der Waals surface area contributed by atoms with Gasteiger partial charge >= 0.3 is 0 Å². The van der Waals surface area contributed by atoms with Gasteiger partial charge in [-0.2, -0.15) is 11.8 Å². The van der Waals surface area contributed by atoms with Crippen LogP contribution in [0.5, 0.6) is 0 Å². The average Bonchev–Trinajstić information content (AvgIpc) is 2.70. The molecule has 0 saturated heterocycles. The molecule has 1 aliphatic carbocycles. The van der Waals surface area contributed by atoms with E-state index in [1.165, 1.54) is 23.9 Å². The Balaban J connectivity index is 2.06. The number of hydrogen-bond acceptors (Lipinski definition) is 1. The van der Waals surface area contributed by atoms with Gasteiger partial charge in [-0.3, -0.25) is 0 Å². The predicted molar refractivity (Wildman–Crippen MR) is 53.0 cm³/mol. The van der Waals surface area contributed by atoms with Gasteiger partial charge in [-0.15, -0.1) is 6.58 Å². The Bertz CT molecular complexity index is 118. The Labute approximate surface area is 75.6 Å². The number of hydrogen-bond donors (Lipinski definition) is 0. The van der Waals surface area contributed by atoms with Gasteiger partial charge in [0.15, 0.2) is 0 Å². The van der Waals surface area contributed by atoms with Crippen LogP contribution in [-0.2, 0) is 0 Å². The molecule has 10 heavy (non-hydrogen) atoms. The fourth-order valence-corrected chi connectivity index (χ4v) is 2.98. The zero-order valence-corrected chi connectivity index (χ0v) is 8.51. The molecular formula is C8H13BrS. The van der Waals surface area contributed by atoms with Crippen molar-refractivity contribution in [1.82, 2.24) is 0 Å². The van der Waals surface area contributed by atoms with Gasteiger partial charge in [0.25, 0.3) is 0 Å². The first-order valence-corrected chi connectivity index (χ1v) is 5.85. The SMILES string of the molecule is C=CCSCC1(CBr)CC1. The maximum atomic E-state index is 3.69. The normalized spacial score (nSPS) is 20.5. The Kier molecular flexibility index (Phi) is 3.31. The molecule has 0 N–H and O–H groups in total. The van der Waals surface area contributed by atoms with E-state index < -0.39 is 0 Å². The van der Waals surface area contributed by atoms with Crippen molar-refractivity contribution in [3.63, 3.8) is 0 Å². The zero-order valence-electron chi connectivity index (χ0n) is 6.11. The van der Waals surface area contributed by atoms with Crippen LogP contribution in [0.25, 0.3) is 0 Å². The first kappa shape index (κ1) is 8.66. The van der Waals surface area contributed by atoms with Crippen LogP contribution in [-0.4, -0.2) is 16.8 Å². The van der Waals surface area contributed by atoms with E-state index in [9.17, 15) is 0 Å². The van der Waals surface area contributed by atoms with Gasteiger partial charge in [0.2, 0.25) is 0 Å². The second kappa shape index (κ2) is 3.82. The van der Waals surface area contributed by atoms with Crippen LogP contribution in [0.4, 0.5) is 0 Å². The van der Waals surface area contributed by atoms with Crippen LogP contribution in [0.3, 0.4) is 0 Å². The van der Waals surface area contributed by atoms with E-state index in [4.69, 9.17) is 0 Å². The average molecular weight is 221 g/mol. The van der Waals surface area contributed by atoms with Crippen molar-refractivity contribution in [3.8, 4) is 0 Å². The summed E-state index contributed by atoms with van der Waals surface area (Å²) in [5, 5.41) is 1.18. The molecule has 0 spiro atoms. The van der Waals surface area contributed by atoms with E-state index in [2.05, 4.69) is 22.5 Å². The first-order valence-electron chi connectivity index (χ1n) is 3.58. The quantitative estimate of drug-likeness (QED) is 0.390. The van der Waals surface area contributed by atoms with Crippen LogP contribution in [0.15, 0.2) is 12.7 Å². The summed E-state index contributed by atoms with van der Waals surface area (Å²) in [5.74, 6) is 2.42.